The average Bonchev–Trinajstić information content (AvgIpc) is 2.66. The second kappa shape index (κ2) is 11.6. The maximum Gasteiger partial charge on any atom is 0.243 e. The maximum absolute atomic E-state index is 12.0. The molecule has 2 rings (SSSR count). The Morgan fingerprint density at radius 2 is 1.58 bits per heavy atom. The Morgan fingerprint density at radius 3 is 2.27 bits per heavy atom. The summed E-state index contributed by atoms with van der Waals surface area (Å²) in [5.41, 5.74) is 1.67. The Labute approximate surface area is 164 Å². The highest BCUT2D eigenvalue weighted by Gasteiger charge is 2.03. The Bertz CT molecular complexity index is 657. The van der Waals surface area contributed by atoms with Crippen LogP contribution in [0.3, 0.4) is 0 Å². The van der Waals surface area contributed by atoms with Gasteiger partial charge in [-0.1, -0.05) is 48.5 Å². The quantitative estimate of drug-likeness (QED) is 0.450. The molecule has 2 aromatic rings. The molecule has 0 atom stereocenters. The molecule has 0 aliphatic rings. The minimum absolute atomic E-state index is 0.0836. The third-order valence-corrected chi connectivity index (χ3v) is 4.48. The van der Waals surface area contributed by atoms with Crippen LogP contribution in [0.5, 0.6) is 5.75 Å². The molecule has 0 saturated heterocycles. The van der Waals surface area contributed by atoms with Gasteiger partial charge in [-0.15, -0.1) is 0 Å². The second-order valence-corrected chi connectivity index (χ2v) is 7.11. The number of anilines is 2. The summed E-state index contributed by atoms with van der Waals surface area (Å²) in [6.07, 6.45) is 6.16. The smallest absolute Gasteiger partial charge is 0.243 e. The number of carbonyl (C=O) groups is 1. The van der Waals surface area contributed by atoms with Crippen molar-refractivity contribution in [2.24, 2.45) is 0 Å². The van der Waals surface area contributed by atoms with E-state index in [0.29, 0.717) is 0 Å². The first-order valence-electron chi connectivity index (χ1n) is 9.19. The van der Waals surface area contributed by atoms with Gasteiger partial charge in [0.2, 0.25) is 5.91 Å². The molecule has 0 aliphatic heterocycles. The number of halogens is 1. The summed E-state index contributed by atoms with van der Waals surface area (Å²) < 4.78 is 6.73. The van der Waals surface area contributed by atoms with Gasteiger partial charge in [0.15, 0.2) is 0 Å². The van der Waals surface area contributed by atoms with Crippen LogP contribution in [0.2, 0.25) is 0 Å². The van der Waals surface area contributed by atoms with Crippen LogP contribution in [-0.4, -0.2) is 19.1 Å². The van der Waals surface area contributed by atoms with Crippen LogP contribution in [0.1, 0.15) is 39.0 Å². The van der Waals surface area contributed by atoms with Crippen molar-refractivity contribution in [1.82, 2.24) is 0 Å². The normalized spacial score (nSPS) is 10.4. The molecule has 0 aliphatic carbocycles. The zero-order valence-electron chi connectivity index (χ0n) is 15.3. The lowest BCUT2D eigenvalue weighted by molar-refractivity contribution is -0.114. The van der Waals surface area contributed by atoms with E-state index in [1.165, 1.54) is 25.7 Å². The fourth-order valence-electron chi connectivity index (χ4n) is 2.49. The van der Waals surface area contributed by atoms with Gasteiger partial charge in [0, 0.05) is 15.8 Å². The van der Waals surface area contributed by atoms with Crippen molar-refractivity contribution in [1.29, 1.82) is 0 Å². The van der Waals surface area contributed by atoms with E-state index in [1.807, 2.05) is 48.5 Å². The molecular formula is C21H27BrN2O2. The van der Waals surface area contributed by atoms with Crippen molar-refractivity contribution in [3.63, 3.8) is 0 Å². The molecule has 140 valence electrons. The summed E-state index contributed by atoms with van der Waals surface area (Å²) in [4.78, 5) is 12.0. The molecule has 0 aromatic heterocycles. The summed E-state index contributed by atoms with van der Waals surface area (Å²) in [5.74, 6) is 0.782. The van der Waals surface area contributed by atoms with E-state index in [1.54, 1.807) is 0 Å². The highest BCUT2D eigenvalue weighted by Crippen LogP contribution is 2.17. The van der Waals surface area contributed by atoms with Crippen molar-refractivity contribution in [2.75, 3.05) is 23.8 Å². The summed E-state index contributed by atoms with van der Waals surface area (Å²) in [6, 6.07) is 15.2. The minimum Gasteiger partial charge on any atom is -0.494 e. The molecule has 1 amide bonds. The molecule has 0 spiro atoms. The van der Waals surface area contributed by atoms with Crippen LogP contribution in [0.25, 0.3) is 0 Å². The van der Waals surface area contributed by atoms with Gasteiger partial charge < -0.3 is 15.4 Å². The van der Waals surface area contributed by atoms with Gasteiger partial charge >= 0.3 is 0 Å². The van der Waals surface area contributed by atoms with E-state index in [-0.39, 0.29) is 12.5 Å². The predicted octanol–water partition coefficient (Wildman–Crippen LogP) is 5.85. The van der Waals surface area contributed by atoms with Crippen molar-refractivity contribution >= 4 is 33.2 Å². The van der Waals surface area contributed by atoms with Crippen molar-refractivity contribution in [3.05, 3.63) is 53.0 Å². The number of amides is 1. The molecule has 0 saturated carbocycles. The average molecular weight is 419 g/mol. The summed E-state index contributed by atoms with van der Waals surface area (Å²) in [7, 11) is 0. The first-order valence-corrected chi connectivity index (χ1v) is 9.99. The molecule has 2 aromatic carbocycles. The molecule has 5 heteroatoms. The standard InChI is InChI=1S/C21H27BrN2O2/c1-2-3-4-5-6-15-26-20-13-11-18(12-14-20)23-16-21(25)24-19-9-7-17(22)8-10-19/h7-14,23H,2-6,15-16H2,1H3,(H,24,25). The first-order chi connectivity index (χ1) is 12.7. The van der Waals surface area contributed by atoms with Crippen LogP contribution < -0.4 is 15.4 Å². The topological polar surface area (TPSA) is 50.4 Å². The largest absolute Gasteiger partial charge is 0.494 e. The summed E-state index contributed by atoms with van der Waals surface area (Å²) in [6.45, 7) is 3.19. The minimum atomic E-state index is -0.0836. The lowest BCUT2D eigenvalue weighted by Gasteiger charge is -2.10. The van der Waals surface area contributed by atoms with Gasteiger partial charge in [-0.2, -0.15) is 0 Å². The summed E-state index contributed by atoms with van der Waals surface area (Å²) >= 11 is 3.37. The zero-order chi connectivity index (χ0) is 18.6. The highest BCUT2D eigenvalue weighted by molar-refractivity contribution is 9.10. The van der Waals surface area contributed by atoms with Gasteiger partial charge in [-0.3, -0.25) is 4.79 Å². The Kier molecular flexibility index (Phi) is 9.04. The van der Waals surface area contributed by atoms with Crippen LogP contribution in [0, 0.1) is 0 Å². The number of rotatable bonds is 11. The molecule has 4 nitrogen and oxygen atoms in total. The van der Waals surface area contributed by atoms with Crippen LogP contribution in [0.15, 0.2) is 53.0 Å². The molecule has 0 radical (unpaired) electrons. The molecule has 0 fully saturated rings. The van der Waals surface area contributed by atoms with Crippen LogP contribution in [-0.2, 0) is 4.79 Å². The lowest BCUT2D eigenvalue weighted by Crippen LogP contribution is -2.21. The number of hydrogen-bond donors (Lipinski definition) is 2. The van der Waals surface area contributed by atoms with E-state index in [4.69, 9.17) is 4.74 Å². The summed E-state index contributed by atoms with van der Waals surface area (Å²) in [5, 5.41) is 5.97. The maximum atomic E-state index is 12.0. The molecular weight excluding hydrogens is 392 g/mol. The van der Waals surface area contributed by atoms with Crippen LogP contribution in [0.4, 0.5) is 11.4 Å². The number of carbonyl (C=O) groups excluding carboxylic acids is 1. The number of hydrogen-bond acceptors (Lipinski definition) is 3. The van der Waals surface area contributed by atoms with Gasteiger partial charge in [0.1, 0.15) is 5.75 Å². The fraction of sp³-hybridized carbons (Fsp3) is 0.381. The van der Waals surface area contributed by atoms with Crippen molar-refractivity contribution < 1.29 is 9.53 Å². The zero-order valence-corrected chi connectivity index (χ0v) is 16.8. The Morgan fingerprint density at radius 1 is 0.923 bits per heavy atom. The Hall–Kier alpha value is -2.01. The van der Waals surface area contributed by atoms with E-state index in [9.17, 15) is 4.79 Å². The molecule has 26 heavy (non-hydrogen) atoms. The third kappa shape index (κ3) is 7.91. The molecule has 0 unspecified atom stereocenters. The van der Waals surface area contributed by atoms with E-state index in [0.717, 1.165) is 34.6 Å². The first kappa shape index (κ1) is 20.3. The molecule has 2 N–H and O–H groups in total. The van der Waals surface area contributed by atoms with E-state index in [2.05, 4.69) is 33.5 Å². The van der Waals surface area contributed by atoms with Crippen LogP contribution >= 0.6 is 15.9 Å². The van der Waals surface area contributed by atoms with Gasteiger partial charge in [-0.25, -0.2) is 0 Å². The van der Waals surface area contributed by atoms with E-state index >= 15 is 0 Å². The Balaban J connectivity index is 1.66. The predicted molar refractivity (Wildman–Crippen MR) is 112 cm³/mol. The third-order valence-electron chi connectivity index (χ3n) is 3.95. The fourth-order valence-corrected chi connectivity index (χ4v) is 2.75. The van der Waals surface area contributed by atoms with Gasteiger partial charge in [0.05, 0.1) is 13.2 Å². The second-order valence-electron chi connectivity index (χ2n) is 6.20. The number of unbranched alkanes of at least 4 members (excludes halogenated alkanes) is 4. The lowest BCUT2D eigenvalue weighted by atomic mass is 10.2. The SMILES string of the molecule is CCCCCCCOc1ccc(NCC(=O)Nc2ccc(Br)cc2)cc1. The molecule has 0 bridgehead atoms. The van der Waals surface area contributed by atoms with Gasteiger partial charge in [-0.05, 0) is 55.0 Å². The number of nitrogens with one attached hydrogen (secondary N) is 2. The molecule has 0 heterocycles. The van der Waals surface area contributed by atoms with Crippen molar-refractivity contribution in [2.45, 2.75) is 39.0 Å². The number of benzene rings is 2. The van der Waals surface area contributed by atoms with Crippen molar-refractivity contribution in [3.8, 4) is 5.75 Å². The highest BCUT2D eigenvalue weighted by atomic mass is 79.9. The van der Waals surface area contributed by atoms with E-state index < -0.39 is 0 Å². The number of ether oxygens (including phenoxy) is 1. The van der Waals surface area contributed by atoms with Gasteiger partial charge in [0.25, 0.3) is 0 Å². The monoisotopic (exact) mass is 418 g/mol.